The van der Waals surface area contributed by atoms with Crippen LogP contribution >= 0.6 is 0 Å². The summed E-state index contributed by atoms with van der Waals surface area (Å²) >= 11 is 0. The van der Waals surface area contributed by atoms with Crippen LogP contribution in [-0.4, -0.2) is 30.7 Å². The number of nitrogens with one attached hydrogen (secondary N) is 1. The minimum Gasteiger partial charge on any atom is -0.376 e. The van der Waals surface area contributed by atoms with Crippen LogP contribution in [0.1, 0.15) is 29.3 Å². The zero-order valence-corrected chi connectivity index (χ0v) is 11.5. The number of hydrogen-bond acceptors (Lipinski definition) is 3. The van der Waals surface area contributed by atoms with Crippen LogP contribution in [0.2, 0.25) is 0 Å². The summed E-state index contributed by atoms with van der Waals surface area (Å²) in [6.45, 7) is 3.85. The van der Waals surface area contributed by atoms with Gasteiger partial charge in [-0.1, -0.05) is 0 Å². The molecule has 0 heterocycles. The lowest BCUT2D eigenvalue weighted by molar-refractivity contribution is -0.0300. The van der Waals surface area contributed by atoms with Gasteiger partial charge in [0.05, 0.1) is 17.7 Å². The van der Waals surface area contributed by atoms with Crippen LogP contribution in [0.25, 0.3) is 0 Å². The van der Waals surface area contributed by atoms with Crippen molar-refractivity contribution in [3.63, 3.8) is 0 Å². The topological polar surface area (TPSA) is 64.3 Å². The average molecular weight is 284 g/mol. The first-order valence-electron chi connectivity index (χ1n) is 6.57. The summed E-state index contributed by atoms with van der Waals surface area (Å²) in [4.78, 5) is 12.0. The van der Waals surface area contributed by atoms with Gasteiger partial charge in [-0.05, 0) is 31.9 Å². The Labute approximate surface area is 116 Å². The molecule has 3 N–H and O–H groups in total. The molecule has 0 aromatic heterocycles. The van der Waals surface area contributed by atoms with Crippen LogP contribution in [-0.2, 0) is 4.74 Å². The first-order chi connectivity index (χ1) is 9.43. The predicted octanol–water partition coefficient (Wildman–Crippen LogP) is 1.51. The van der Waals surface area contributed by atoms with Crippen LogP contribution in [0.15, 0.2) is 12.1 Å². The van der Waals surface area contributed by atoms with Crippen LogP contribution < -0.4 is 11.1 Å². The number of carbonyl (C=O) groups excluding carboxylic acids is 1. The SMILES string of the molecule is CCOC1CC(N)C1NC(=O)c1cc(C)c(F)cc1F. The highest BCUT2D eigenvalue weighted by atomic mass is 19.1. The number of halogens is 2. The van der Waals surface area contributed by atoms with Gasteiger partial charge in [-0.15, -0.1) is 0 Å². The number of carbonyl (C=O) groups is 1. The Balaban J connectivity index is 2.10. The van der Waals surface area contributed by atoms with Gasteiger partial charge in [0.2, 0.25) is 0 Å². The second-order valence-corrected chi connectivity index (χ2v) is 4.97. The van der Waals surface area contributed by atoms with Crippen molar-refractivity contribution in [3.8, 4) is 0 Å². The van der Waals surface area contributed by atoms with Crippen molar-refractivity contribution in [2.45, 2.75) is 38.5 Å². The highest BCUT2D eigenvalue weighted by molar-refractivity contribution is 5.95. The zero-order valence-electron chi connectivity index (χ0n) is 11.5. The molecule has 1 amide bonds. The summed E-state index contributed by atoms with van der Waals surface area (Å²) < 4.78 is 32.2. The Morgan fingerprint density at radius 2 is 2.15 bits per heavy atom. The van der Waals surface area contributed by atoms with E-state index in [0.717, 1.165) is 0 Å². The zero-order chi connectivity index (χ0) is 14.9. The maximum absolute atomic E-state index is 13.6. The van der Waals surface area contributed by atoms with E-state index in [1.807, 2.05) is 6.92 Å². The van der Waals surface area contributed by atoms with Crippen molar-refractivity contribution in [2.75, 3.05) is 6.61 Å². The first-order valence-corrected chi connectivity index (χ1v) is 6.57. The van der Waals surface area contributed by atoms with Crippen molar-refractivity contribution in [1.82, 2.24) is 5.32 Å². The maximum atomic E-state index is 13.6. The molecular formula is C14H18F2N2O2. The van der Waals surface area contributed by atoms with Gasteiger partial charge >= 0.3 is 0 Å². The number of ether oxygens (including phenoxy) is 1. The van der Waals surface area contributed by atoms with E-state index >= 15 is 0 Å². The summed E-state index contributed by atoms with van der Waals surface area (Å²) in [7, 11) is 0. The van der Waals surface area contributed by atoms with Gasteiger partial charge in [0.1, 0.15) is 11.6 Å². The molecule has 3 atom stereocenters. The van der Waals surface area contributed by atoms with Gasteiger partial charge in [0.15, 0.2) is 0 Å². The Morgan fingerprint density at radius 3 is 2.75 bits per heavy atom. The number of aryl methyl sites for hydroxylation is 1. The lowest BCUT2D eigenvalue weighted by Gasteiger charge is -2.42. The van der Waals surface area contributed by atoms with Crippen molar-refractivity contribution in [2.24, 2.45) is 5.73 Å². The van der Waals surface area contributed by atoms with Gasteiger partial charge in [0, 0.05) is 18.7 Å². The predicted molar refractivity (Wildman–Crippen MR) is 70.4 cm³/mol. The molecule has 0 radical (unpaired) electrons. The lowest BCUT2D eigenvalue weighted by Crippen LogP contribution is -2.64. The van der Waals surface area contributed by atoms with E-state index in [9.17, 15) is 13.6 Å². The van der Waals surface area contributed by atoms with Crippen LogP contribution in [0, 0.1) is 18.6 Å². The van der Waals surface area contributed by atoms with E-state index in [4.69, 9.17) is 10.5 Å². The molecule has 6 heteroatoms. The second kappa shape index (κ2) is 5.85. The minimum absolute atomic E-state index is 0.149. The number of hydrogen-bond donors (Lipinski definition) is 2. The fourth-order valence-electron chi connectivity index (χ4n) is 2.29. The normalized spacial score (nSPS) is 25.1. The summed E-state index contributed by atoms with van der Waals surface area (Å²) in [6.07, 6.45) is 0.507. The third-order valence-electron chi connectivity index (χ3n) is 3.54. The summed E-state index contributed by atoms with van der Waals surface area (Å²) in [5.41, 5.74) is 5.85. The Morgan fingerprint density at radius 1 is 1.45 bits per heavy atom. The largest absolute Gasteiger partial charge is 0.376 e. The van der Waals surface area contributed by atoms with Crippen LogP contribution in [0.3, 0.4) is 0 Å². The Bertz CT molecular complexity index is 520. The van der Waals surface area contributed by atoms with Gasteiger partial charge in [0.25, 0.3) is 5.91 Å². The van der Waals surface area contributed by atoms with Gasteiger partial charge in [-0.2, -0.15) is 0 Å². The fourth-order valence-corrected chi connectivity index (χ4v) is 2.29. The van der Waals surface area contributed by atoms with E-state index < -0.39 is 17.5 Å². The second-order valence-electron chi connectivity index (χ2n) is 4.97. The molecule has 1 aliphatic rings. The molecule has 2 rings (SSSR count). The monoisotopic (exact) mass is 284 g/mol. The molecular weight excluding hydrogens is 266 g/mol. The van der Waals surface area contributed by atoms with Gasteiger partial charge in [-0.3, -0.25) is 4.79 Å². The van der Waals surface area contributed by atoms with Gasteiger partial charge < -0.3 is 15.8 Å². The molecule has 0 bridgehead atoms. The summed E-state index contributed by atoms with van der Waals surface area (Å²) in [6, 6.07) is 1.36. The minimum atomic E-state index is -0.883. The molecule has 110 valence electrons. The standard InChI is InChI=1S/C14H18F2N2O2/c1-3-20-12-6-11(17)13(12)18-14(19)8-4-7(2)9(15)5-10(8)16/h4-5,11-13H,3,6,17H2,1-2H3,(H,18,19). The summed E-state index contributed by atoms with van der Waals surface area (Å²) in [5, 5.41) is 2.65. The van der Waals surface area contributed by atoms with E-state index in [2.05, 4.69) is 5.32 Å². The highest BCUT2D eigenvalue weighted by Gasteiger charge is 2.40. The van der Waals surface area contributed by atoms with E-state index in [1.54, 1.807) is 0 Å². The molecule has 1 aromatic carbocycles. The number of amides is 1. The molecule has 1 aromatic rings. The molecule has 3 unspecified atom stereocenters. The van der Waals surface area contributed by atoms with Crippen molar-refractivity contribution >= 4 is 5.91 Å². The highest BCUT2D eigenvalue weighted by Crippen LogP contribution is 2.23. The van der Waals surface area contributed by atoms with E-state index in [1.165, 1.54) is 13.0 Å². The van der Waals surface area contributed by atoms with Crippen molar-refractivity contribution in [1.29, 1.82) is 0 Å². The van der Waals surface area contributed by atoms with E-state index in [0.29, 0.717) is 19.1 Å². The molecule has 20 heavy (non-hydrogen) atoms. The number of rotatable bonds is 4. The first kappa shape index (κ1) is 14.9. The number of nitrogens with two attached hydrogens (primary N) is 1. The molecule has 0 spiro atoms. The smallest absolute Gasteiger partial charge is 0.254 e. The summed E-state index contributed by atoms with van der Waals surface area (Å²) in [5.74, 6) is -2.16. The van der Waals surface area contributed by atoms with E-state index in [-0.39, 0.29) is 29.3 Å². The average Bonchev–Trinajstić information content (AvgIpc) is 2.40. The van der Waals surface area contributed by atoms with Crippen molar-refractivity contribution in [3.05, 3.63) is 34.9 Å². The van der Waals surface area contributed by atoms with Crippen molar-refractivity contribution < 1.29 is 18.3 Å². The molecule has 1 fully saturated rings. The van der Waals surface area contributed by atoms with Crippen LogP contribution in [0.5, 0.6) is 0 Å². The lowest BCUT2D eigenvalue weighted by atomic mass is 9.83. The number of benzene rings is 1. The molecule has 4 nitrogen and oxygen atoms in total. The quantitative estimate of drug-likeness (QED) is 0.881. The molecule has 0 saturated heterocycles. The maximum Gasteiger partial charge on any atom is 0.254 e. The fraction of sp³-hybridized carbons (Fsp3) is 0.500. The van der Waals surface area contributed by atoms with Gasteiger partial charge in [-0.25, -0.2) is 8.78 Å². The van der Waals surface area contributed by atoms with Crippen LogP contribution in [0.4, 0.5) is 8.78 Å². The Kier molecular flexibility index (Phi) is 4.35. The Hall–Kier alpha value is -1.53. The third-order valence-corrected chi connectivity index (χ3v) is 3.54. The molecule has 0 aliphatic heterocycles. The third kappa shape index (κ3) is 2.81. The molecule has 1 aliphatic carbocycles. The molecule has 1 saturated carbocycles.